The molecular weight excluding hydrogens is 180 g/mol. The van der Waals surface area contributed by atoms with E-state index in [9.17, 15) is 18.0 Å². The van der Waals surface area contributed by atoms with Crippen molar-refractivity contribution in [1.82, 2.24) is 0 Å². The molecular formula is C8H6BF3O. The van der Waals surface area contributed by atoms with Crippen LogP contribution in [-0.4, -0.2) is 14.1 Å². The topological polar surface area (TPSA) is 17.1 Å². The van der Waals surface area contributed by atoms with Crippen molar-refractivity contribution < 1.29 is 18.0 Å². The Kier molecular flexibility index (Phi) is 2.45. The number of hydrogen-bond acceptors (Lipinski definition) is 1. The second-order valence-electron chi connectivity index (χ2n) is 2.75. The summed E-state index contributed by atoms with van der Waals surface area (Å²) >= 11 is 0. The highest BCUT2D eigenvalue weighted by Crippen LogP contribution is 2.28. The van der Waals surface area contributed by atoms with Gasteiger partial charge in [-0.2, -0.15) is 13.2 Å². The van der Waals surface area contributed by atoms with Crippen LogP contribution < -0.4 is 5.46 Å². The van der Waals surface area contributed by atoms with Crippen LogP contribution >= 0.6 is 0 Å². The molecule has 5 heteroatoms. The highest BCUT2D eigenvalue weighted by molar-refractivity contribution is 6.32. The number of rotatable bonds is 1. The molecule has 0 fully saturated rings. The van der Waals surface area contributed by atoms with Crippen molar-refractivity contribution in [3.05, 3.63) is 29.3 Å². The van der Waals surface area contributed by atoms with Gasteiger partial charge in [0.25, 0.3) is 0 Å². The predicted octanol–water partition coefficient (Wildman–Crippen LogP) is 0.776. The number of halogens is 3. The Labute approximate surface area is 74.0 Å². The number of hydrogen-bond donors (Lipinski definition) is 0. The molecule has 0 bridgehead atoms. The summed E-state index contributed by atoms with van der Waals surface area (Å²) in [6.45, 7) is 0. The molecule has 0 aromatic heterocycles. The maximum Gasteiger partial charge on any atom is 0.416 e. The zero-order valence-electron chi connectivity index (χ0n) is 6.85. The lowest BCUT2D eigenvalue weighted by molar-refractivity contribution is -0.137. The molecule has 0 heterocycles. The molecule has 0 N–H and O–H groups in total. The highest BCUT2D eigenvalue weighted by atomic mass is 19.4. The molecule has 0 radical (unpaired) electrons. The van der Waals surface area contributed by atoms with Crippen molar-refractivity contribution in [3.63, 3.8) is 0 Å². The fraction of sp³-hybridized carbons (Fsp3) is 0.125. The van der Waals surface area contributed by atoms with Gasteiger partial charge in [-0.15, -0.1) is 0 Å². The van der Waals surface area contributed by atoms with Gasteiger partial charge in [0.2, 0.25) is 0 Å². The maximum atomic E-state index is 12.2. The van der Waals surface area contributed by atoms with Gasteiger partial charge >= 0.3 is 6.18 Å². The van der Waals surface area contributed by atoms with Crippen LogP contribution in [0.25, 0.3) is 0 Å². The molecule has 68 valence electrons. The molecule has 0 aliphatic heterocycles. The Morgan fingerprint density at radius 3 is 2.31 bits per heavy atom. The molecule has 0 saturated carbocycles. The largest absolute Gasteiger partial charge is 0.416 e. The van der Waals surface area contributed by atoms with Crippen LogP contribution in [0.4, 0.5) is 13.2 Å². The number of carbonyl (C=O) groups excluding carboxylic acids is 1. The number of carbonyl (C=O) groups is 1. The summed E-state index contributed by atoms with van der Waals surface area (Å²) in [6, 6.07) is 3.25. The average molecular weight is 186 g/mol. The average Bonchev–Trinajstić information content (AvgIpc) is 2.01. The molecule has 0 atom stereocenters. The van der Waals surface area contributed by atoms with Crippen LogP contribution in [0.1, 0.15) is 15.9 Å². The van der Waals surface area contributed by atoms with Gasteiger partial charge in [0.1, 0.15) is 14.1 Å². The smallest absolute Gasteiger partial charge is 0.298 e. The molecule has 1 aromatic carbocycles. The second kappa shape index (κ2) is 3.24. The summed E-state index contributed by atoms with van der Waals surface area (Å²) in [7, 11) is 1.52. The van der Waals surface area contributed by atoms with E-state index >= 15 is 0 Å². The number of aldehydes is 1. The van der Waals surface area contributed by atoms with Gasteiger partial charge < -0.3 is 0 Å². The Morgan fingerprint density at radius 1 is 1.23 bits per heavy atom. The predicted molar refractivity (Wildman–Crippen MR) is 45.0 cm³/mol. The Morgan fingerprint density at radius 2 is 1.85 bits per heavy atom. The maximum absolute atomic E-state index is 12.2. The Bertz CT molecular complexity index is 333. The summed E-state index contributed by atoms with van der Waals surface area (Å²) in [5.74, 6) is 0. The van der Waals surface area contributed by atoms with Crippen LogP contribution in [0.15, 0.2) is 18.2 Å². The standard InChI is InChI=1S/C8H6BF3O/c9-7-2-5(4-13)1-6(3-7)8(10,11)12/h1-4H,9H2. The summed E-state index contributed by atoms with van der Waals surface area (Å²) in [4.78, 5) is 10.3. The van der Waals surface area contributed by atoms with E-state index in [0.29, 0.717) is 11.7 Å². The zero-order chi connectivity index (χ0) is 10.1. The lowest BCUT2D eigenvalue weighted by atomic mass is 9.92. The quantitative estimate of drug-likeness (QED) is 0.467. The monoisotopic (exact) mass is 186 g/mol. The van der Waals surface area contributed by atoms with Crippen LogP contribution in [0.5, 0.6) is 0 Å². The van der Waals surface area contributed by atoms with Gasteiger partial charge in [-0.3, -0.25) is 4.79 Å². The second-order valence-corrected chi connectivity index (χ2v) is 2.75. The van der Waals surface area contributed by atoms with Crippen molar-refractivity contribution in [1.29, 1.82) is 0 Å². The summed E-state index contributed by atoms with van der Waals surface area (Å²) < 4.78 is 36.5. The van der Waals surface area contributed by atoms with Crippen molar-refractivity contribution in [3.8, 4) is 0 Å². The summed E-state index contributed by atoms with van der Waals surface area (Å²) in [5.41, 5.74) is -0.307. The first kappa shape index (κ1) is 9.83. The lowest BCUT2D eigenvalue weighted by Crippen LogP contribution is -2.12. The number of benzene rings is 1. The van der Waals surface area contributed by atoms with E-state index in [0.717, 1.165) is 12.1 Å². The van der Waals surface area contributed by atoms with E-state index < -0.39 is 11.7 Å². The molecule has 0 aliphatic rings. The molecule has 1 nitrogen and oxygen atoms in total. The van der Waals surface area contributed by atoms with Crippen LogP contribution in [-0.2, 0) is 6.18 Å². The Balaban J connectivity index is 3.24. The van der Waals surface area contributed by atoms with Gasteiger partial charge in [0, 0.05) is 5.56 Å². The van der Waals surface area contributed by atoms with E-state index in [1.54, 1.807) is 0 Å². The van der Waals surface area contributed by atoms with Crippen LogP contribution in [0.2, 0.25) is 0 Å². The molecule has 0 aliphatic carbocycles. The fourth-order valence-corrected chi connectivity index (χ4v) is 1.04. The summed E-state index contributed by atoms with van der Waals surface area (Å²) in [6.07, 6.45) is -3.98. The highest BCUT2D eigenvalue weighted by Gasteiger charge is 2.30. The van der Waals surface area contributed by atoms with E-state index in [2.05, 4.69) is 0 Å². The first-order valence-electron chi connectivity index (χ1n) is 3.57. The minimum absolute atomic E-state index is 0.0484. The van der Waals surface area contributed by atoms with Gasteiger partial charge in [-0.05, 0) is 6.07 Å². The van der Waals surface area contributed by atoms with Crippen molar-refractivity contribution >= 4 is 19.6 Å². The van der Waals surface area contributed by atoms with Crippen LogP contribution in [0.3, 0.4) is 0 Å². The molecule has 1 rings (SSSR count). The fourth-order valence-electron chi connectivity index (χ4n) is 1.04. The lowest BCUT2D eigenvalue weighted by Gasteiger charge is -2.07. The zero-order valence-corrected chi connectivity index (χ0v) is 6.85. The van der Waals surface area contributed by atoms with Gasteiger partial charge in [-0.1, -0.05) is 17.6 Å². The normalized spacial score (nSPS) is 11.3. The SMILES string of the molecule is Bc1cc(C=O)cc(C(F)(F)F)c1. The van der Waals surface area contributed by atoms with Crippen molar-refractivity contribution in [2.45, 2.75) is 6.18 Å². The molecule has 13 heavy (non-hydrogen) atoms. The Hall–Kier alpha value is -1.26. The third-order valence-corrected chi connectivity index (χ3v) is 1.56. The molecule has 1 aromatic rings. The molecule has 0 saturated heterocycles. The van der Waals surface area contributed by atoms with Crippen molar-refractivity contribution in [2.24, 2.45) is 0 Å². The minimum atomic E-state index is -4.39. The minimum Gasteiger partial charge on any atom is -0.298 e. The van der Waals surface area contributed by atoms with E-state index in [1.807, 2.05) is 0 Å². The van der Waals surface area contributed by atoms with E-state index in [1.165, 1.54) is 13.9 Å². The van der Waals surface area contributed by atoms with Crippen molar-refractivity contribution in [2.75, 3.05) is 0 Å². The molecule has 0 unspecified atom stereocenters. The van der Waals surface area contributed by atoms with Gasteiger partial charge in [0.05, 0.1) is 5.56 Å². The third-order valence-electron chi connectivity index (χ3n) is 1.56. The third kappa shape index (κ3) is 2.34. The van der Waals surface area contributed by atoms with E-state index in [-0.39, 0.29) is 5.56 Å². The van der Waals surface area contributed by atoms with Crippen LogP contribution in [0, 0.1) is 0 Å². The first-order valence-corrected chi connectivity index (χ1v) is 3.57. The molecule has 0 amide bonds. The van der Waals surface area contributed by atoms with E-state index in [4.69, 9.17) is 0 Å². The first-order chi connectivity index (χ1) is 5.93. The molecule has 0 spiro atoms. The number of alkyl halides is 3. The van der Waals surface area contributed by atoms with Gasteiger partial charge in [0.15, 0.2) is 0 Å². The van der Waals surface area contributed by atoms with Gasteiger partial charge in [-0.25, -0.2) is 0 Å². The summed E-state index contributed by atoms with van der Waals surface area (Å²) in [5, 5.41) is 0.